The van der Waals surface area contributed by atoms with Crippen LogP contribution in [0.1, 0.15) is 5.56 Å². The number of hydrogen-bond donors (Lipinski definition) is 1. The van der Waals surface area contributed by atoms with Gasteiger partial charge in [0.2, 0.25) is 5.78 Å². The molecule has 74 valence electrons. The molecule has 0 saturated carbocycles. The van der Waals surface area contributed by atoms with Gasteiger partial charge in [-0.25, -0.2) is 9.18 Å². The smallest absolute Gasteiger partial charge is 0.372 e. The van der Waals surface area contributed by atoms with Gasteiger partial charge in [0.25, 0.3) is 0 Å². The van der Waals surface area contributed by atoms with E-state index in [-0.39, 0.29) is 10.9 Å². The third-order valence-electron chi connectivity index (χ3n) is 1.62. The van der Waals surface area contributed by atoms with Crippen molar-refractivity contribution in [2.24, 2.45) is 0 Å². The topological polar surface area (TPSA) is 54.4 Å². The van der Waals surface area contributed by atoms with Crippen LogP contribution in [0.3, 0.4) is 0 Å². The molecule has 0 amide bonds. The summed E-state index contributed by atoms with van der Waals surface area (Å²) in [5.41, 5.74) is 0.331. The Balaban J connectivity index is 2.93. The lowest BCUT2D eigenvalue weighted by Gasteiger charge is -2.01. The number of rotatable bonds is 3. The fraction of sp³-hybridized carbons (Fsp3) is 0.111. The molecule has 0 fully saturated rings. The molecule has 3 nitrogen and oxygen atoms in total. The quantitative estimate of drug-likeness (QED) is 0.844. The van der Waals surface area contributed by atoms with E-state index in [4.69, 9.17) is 5.11 Å². The van der Waals surface area contributed by atoms with Crippen molar-refractivity contribution in [1.29, 1.82) is 0 Å². The predicted octanol–water partition coefficient (Wildman–Crippen LogP) is 1.78. The third kappa shape index (κ3) is 2.38. The highest BCUT2D eigenvalue weighted by atomic mass is 79.9. The van der Waals surface area contributed by atoms with Crippen LogP contribution in [0, 0.1) is 5.82 Å². The number of aliphatic carboxylic acids is 1. The molecule has 0 aliphatic rings. The number of carbonyl (C=O) groups is 2. The van der Waals surface area contributed by atoms with Gasteiger partial charge < -0.3 is 5.11 Å². The van der Waals surface area contributed by atoms with Gasteiger partial charge in [0, 0.05) is 6.42 Å². The number of hydrogen-bond acceptors (Lipinski definition) is 2. The van der Waals surface area contributed by atoms with Crippen molar-refractivity contribution >= 4 is 27.7 Å². The molecule has 0 spiro atoms. The minimum atomic E-state index is -1.51. The van der Waals surface area contributed by atoms with E-state index in [9.17, 15) is 14.0 Å². The maximum absolute atomic E-state index is 12.9. The molecule has 1 rings (SSSR count). The molecule has 0 heterocycles. The first-order valence-corrected chi connectivity index (χ1v) is 4.50. The monoisotopic (exact) mass is 260 g/mol. The zero-order valence-electron chi connectivity index (χ0n) is 6.96. The van der Waals surface area contributed by atoms with E-state index in [1.165, 1.54) is 18.2 Å². The highest BCUT2D eigenvalue weighted by molar-refractivity contribution is 9.10. The summed E-state index contributed by atoms with van der Waals surface area (Å²) in [6, 6.07) is 4.14. The molecular weight excluding hydrogens is 255 g/mol. The average molecular weight is 261 g/mol. The molecule has 0 bridgehead atoms. The predicted molar refractivity (Wildman–Crippen MR) is 50.4 cm³/mol. The Kier molecular flexibility index (Phi) is 3.35. The van der Waals surface area contributed by atoms with Crippen LogP contribution in [-0.4, -0.2) is 16.9 Å². The van der Waals surface area contributed by atoms with Gasteiger partial charge in [0.05, 0.1) is 4.47 Å². The van der Waals surface area contributed by atoms with Crippen molar-refractivity contribution in [3.8, 4) is 0 Å². The van der Waals surface area contributed by atoms with E-state index in [1.54, 1.807) is 0 Å². The summed E-state index contributed by atoms with van der Waals surface area (Å²) < 4.78 is 13.1. The maximum Gasteiger partial charge on any atom is 0.372 e. The standard InChI is InChI=1S/C9H6BrFO3/c10-8-5(2-1-3-6(8)11)4-7(12)9(13)14/h1-3H,4H2,(H,13,14). The molecule has 0 radical (unpaired) electrons. The van der Waals surface area contributed by atoms with E-state index < -0.39 is 17.6 Å². The molecule has 0 aliphatic carbocycles. The van der Waals surface area contributed by atoms with E-state index in [0.717, 1.165) is 0 Å². The molecular formula is C9H6BrFO3. The van der Waals surface area contributed by atoms with Crippen LogP contribution in [0.25, 0.3) is 0 Å². The van der Waals surface area contributed by atoms with Gasteiger partial charge in [0.15, 0.2) is 0 Å². The van der Waals surface area contributed by atoms with Crippen molar-refractivity contribution in [3.63, 3.8) is 0 Å². The summed E-state index contributed by atoms with van der Waals surface area (Å²) in [6.07, 6.45) is -0.312. The number of ketones is 1. The SMILES string of the molecule is O=C(O)C(=O)Cc1cccc(F)c1Br. The fourth-order valence-electron chi connectivity index (χ4n) is 0.934. The van der Waals surface area contributed by atoms with E-state index >= 15 is 0 Å². The zero-order chi connectivity index (χ0) is 10.7. The summed E-state index contributed by atoms with van der Waals surface area (Å²) in [4.78, 5) is 21.1. The first-order chi connectivity index (χ1) is 6.52. The zero-order valence-corrected chi connectivity index (χ0v) is 8.54. The van der Waals surface area contributed by atoms with Crippen LogP contribution >= 0.6 is 15.9 Å². The molecule has 0 atom stereocenters. The molecule has 14 heavy (non-hydrogen) atoms. The second-order valence-corrected chi connectivity index (χ2v) is 3.41. The van der Waals surface area contributed by atoms with Crippen LogP contribution in [0.5, 0.6) is 0 Å². The Morgan fingerprint density at radius 3 is 2.64 bits per heavy atom. The first kappa shape index (κ1) is 10.8. The molecule has 0 unspecified atom stereocenters. The highest BCUT2D eigenvalue weighted by Gasteiger charge is 2.15. The lowest BCUT2D eigenvalue weighted by molar-refractivity contribution is -0.148. The van der Waals surface area contributed by atoms with Crippen molar-refractivity contribution < 1.29 is 19.1 Å². The van der Waals surface area contributed by atoms with Crippen LogP contribution in [0.4, 0.5) is 4.39 Å². The van der Waals surface area contributed by atoms with Gasteiger partial charge in [-0.1, -0.05) is 12.1 Å². The summed E-state index contributed by atoms with van der Waals surface area (Å²) in [5, 5.41) is 8.34. The number of carbonyl (C=O) groups excluding carboxylic acids is 1. The van der Waals surface area contributed by atoms with Gasteiger partial charge in [0.1, 0.15) is 5.82 Å². The normalized spacial score (nSPS) is 9.86. The van der Waals surface area contributed by atoms with Crippen LogP contribution in [0.2, 0.25) is 0 Å². The van der Waals surface area contributed by atoms with Crippen molar-refractivity contribution in [2.75, 3.05) is 0 Å². The summed E-state index contributed by atoms with van der Waals surface area (Å²) in [5.74, 6) is -2.99. The summed E-state index contributed by atoms with van der Waals surface area (Å²) in [7, 11) is 0. The second-order valence-electron chi connectivity index (χ2n) is 2.62. The largest absolute Gasteiger partial charge is 0.475 e. The average Bonchev–Trinajstić information content (AvgIpc) is 2.12. The Hall–Kier alpha value is -1.23. The lowest BCUT2D eigenvalue weighted by atomic mass is 10.1. The molecule has 0 aliphatic heterocycles. The Labute approximate surface area is 87.7 Å². The third-order valence-corrected chi connectivity index (χ3v) is 2.51. The molecule has 5 heteroatoms. The molecule has 0 saturated heterocycles. The van der Waals surface area contributed by atoms with Gasteiger partial charge in [-0.05, 0) is 27.6 Å². The Morgan fingerprint density at radius 1 is 1.43 bits per heavy atom. The summed E-state index contributed by atoms with van der Waals surface area (Å²) >= 11 is 2.94. The Morgan fingerprint density at radius 2 is 2.07 bits per heavy atom. The molecule has 0 aromatic heterocycles. The second kappa shape index (κ2) is 4.32. The van der Waals surface area contributed by atoms with Gasteiger partial charge in [-0.3, -0.25) is 4.79 Å². The van der Waals surface area contributed by atoms with Gasteiger partial charge >= 0.3 is 5.97 Å². The minimum absolute atomic E-state index is 0.134. The summed E-state index contributed by atoms with van der Waals surface area (Å²) in [6.45, 7) is 0. The number of carboxylic acid groups (broad SMARTS) is 1. The highest BCUT2D eigenvalue weighted by Crippen LogP contribution is 2.20. The van der Waals surface area contributed by atoms with Crippen LogP contribution in [0.15, 0.2) is 22.7 Å². The van der Waals surface area contributed by atoms with E-state index in [2.05, 4.69) is 15.9 Å². The van der Waals surface area contributed by atoms with E-state index in [1.807, 2.05) is 0 Å². The van der Waals surface area contributed by atoms with Gasteiger partial charge in [-0.2, -0.15) is 0 Å². The first-order valence-electron chi connectivity index (χ1n) is 3.71. The Bertz CT molecular complexity index is 390. The van der Waals surface area contributed by atoms with E-state index in [0.29, 0.717) is 5.56 Å². The number of benzene rings is 1. The maximum atomic E-state index is 12.9. The lowest BCUT2D eigenvalue weighted by Crippen LogP contribution is -2.15. The number of Topliss-reactive ketones (excluding diaryl/α,β-unsaturated/α-hetero) is 1. The van der Waals surface area contributed by atoms with Crippen molar-refractivity contribution in [1.82, 2.24) is 0 Å². The molecule has 1 aromatic rings. The fourth-order valence-corrected chi connectivity index (χ4v) is 1.34. The molecule has 1 aromatic carbocycles. The number of halogens is 2. The van der Waals surface area contributed by atoms with Crippen molar-refractivity contribution in [2.45, 2.75) is 6.42 Å². The van der Waals surface area contributed by atoms with Crippen LogP contribution in [-0.2, 0) is 16.0 Å². The van der Waals surface area contributed by atoms with Crippen LogP contribution < -0.4 is 0 Å². The molecule has 1 N–H and O–H groups in total. The van der Waals surface area contributed by atoms with Crippen molar-refractivity contribution in [3.05, 3.63) is 34.1 Å². The number of carboxylic acids is 1. The minimum Gasteiger partial charge on any atom is -0.475 e. The van der Waals surface area contributed by atoms with Gasteiger partial charge in [-0.15, -0.1) is 0 Å².